The summed E-state index contributed by atoms with van der Waals surface area (Å²) in [6.45, 7) is 3.83. The van der Waals surface area contributed by atoms with Crippen LogP contribution in [0.25, 0.3) is 0 Å². The van der Waals surface area contributed by atoms with Gasteiger partial charge in [-0.3, -0.25) is 14.9 Å². The number of hydrogen-bond acceptors (Lipinski definition) is 4. The van der Waals surface area contributed by atoms with Crippen molar-refractivity contribution in [2.24, 2.45) is 11.0 Å². The molecule has 2 rings (SSSR count). The zero-order valence-corrected chi connectivity index (χ0v) is 12.3. The van der Waals surface area contributed by atoms with Gasteiger partial charge in [0.25, 0.3) is 11.6 Å². The second-order valence-electron chi connectivity index (χ2n) is 5.56. The van der Waals surface area contributed by atoms with E-state index in [4.69, 9.17) is 0 Å². The summed E-state index contributed by atoms with van der Waals surface area (Å²) in [5.41, 5.74) is 4.41. The molecule has 21 heavy (non-hydrogen) atoms. The van der Waals surface area contributed by atoms with Gasteiger partial charge >= 0.3 is 0 Å². The first kappa shape index (κ1) is 15.2. The van der Waals surface area contributed by atoms with E-state index in [0.717, 1.165) is 37.3 Å². The quantitative estimate of drug-likeness (QED) is 0.685. The summed E-state index contributed by atoms with van der Waals surface area (Å²) in [4.78, 5) is 22.3. The Morgan fingerprint density at radius 1 is 1.38 bits per heavy atom. The molecular formula is C15H19N3O3. The molecule has 0 atom stereocenters. The minimum atomic E-state index is -0.458. The molecule has 0 bridgehead atoms. The average Bonchev–Trinajstić information content (AvgIpc) is 2.45. The molecule has 0 saturated heterocycles. The Morgan fingerprint density at radius 3 is 2.62 bits per heavy atom. The molecule has 0 aromatic heterocycles. The predicted molar refractivity (Wildman–Crippen MR) is 80.4 cm³/mol. The monoisotopic (exact) mass is 289 g/mol. The molecule has 0 radical (unpaired) electrons. The van der Waals surface area contributed by atoms with Gasteiger partial charge in [0.05, 0.1) is 4.92 Å². The Labute approximate surface area is 123 Å². The molecule has 1 aromatic carbocycles. The fourth-order valence-corrected chi connectivity index (χ4v) is 2.40. The fraction of sp³-hybridized carbons (Fsp3) is 0.467. The number of carbonyl (C=O) groups excluding carboxylic acids is 1. The number of amides is 1. The third-order valence-electron chi connectivity index (χ3n) is 3.82. The summed E-state index contributed by atoms with van der Waals surface area (Å²) >= 11 is 0. The molecule has 0 unspecified atom stereocenters. The van der Waals surface area contributed by atoms with Crippen LogP contribution >= 0.6 is 0 Å². The van der Waals surface area contributed by atoms with Crippen molar-refractivity contribution >= 4 is 17.3 Å². The highest BCUT2D eigenvalue weighted by atomic mass is 16.6. The lowest BCUT2D eigenvalue weighted by atomic mass is 9.90. The third kappa shape index (κ3) is 3.87. The summed E-state index contributed by atoms with van der Waals surface area (Å²) in [5.74, 6) is 0.385. The van der Waals surface area contributed by atoms with Gasteiger partial charge in [-0.1, -0.05) is 6.92 Å². The van der Waals surface area contributed by atoms with Crippen molar-refractivity contribution in [3.63, 3.8) is 0 Å². The minimum absolute atomic E-state index is 0.0131. The number of rotatable bonds is 3. The maximum atomic E-state index is 12.0. The second-order valence-corrected chi connectivity index (χ2v) is 5.56. The average molecular weight is 289 g/mol. The van der Waals surface area contributed by atoms with Crippen LogP contribution in [0.2, 0.25) is 0 Å². The predicted octanol–water partition coefficient (Wildman–Crippen LogP) is 3.20. The molecular weight excluding hydrogens is 270 g/mol. The van der Waals surface area contributed by atoms with Crippen molar-refractivity contribution in [3.8, 4) is 0 Å². The van der Waals surface area contributed by atoms with Gasteiger partial charge in [-0.25, -0.2) is 5.43 Å². The first-order valence-electron chi connectivity index (χ1n) is 7.08. The number of nitro benzene ring substituents is 1. The van der Waals surface area contributed by atoms with Gasteiger partial charge in [-0.15, -0.1) is 0 Å². The van der Waals surface area contributed by atoms with Crippen molar-refractivity contribution in [1.29, 1.82) is 0 Å². The molecule has 1 amide bonds. The highest BCUT2D eigenvalue weighted by Crippen LogP contribution is 2.21. The first-order valence-corrected chi connectivity index (χ1v) is 7.08. The van der Waals surface area contributed by atoms with Crippen LogP contribution in [0, 0.1) is 23.0 Å². The van der Waals surface area contributed by atoms with Gasteiger partial charge in [-0.05, 0) is 50.7 Å². The van der Waals surface area contributed by atoms with Gasteiger partial charge in [-0.2, -0.15) is 5.10 Å². The smallest absolute Gasteiger partial charge is 0.267 e. The lowest BCUT2D eigenvalue weighted by Crippen LogP contribution is -2.22. The molecule has 0 spiro atoms. The van der Waals surface area contributed by atoms with Crippen LogP contribution in [-0.4, -0.2) is 16.5 Å². The van der Waals surface area contributed by atoms with Crippen LogP contribution < -0.4 is 5.43 Å². The van der Waals surface area contributed by atoms with Crippen LogP contribution in [0.1, 0.15) is 48.5 Å². The number of nitrogens with zero attached hydrogens (tertiary/aromatic N) is 2. The molecule has 1 aliphatic rings. The maximum absolute atomic E-state index is 12.0. The molecule has 0 heterocycles. The Bertz CT molecular complexity index is 586. The number of carbonyl (C=O) groups is 1. The summed E-state index contributed by atoms with van der Waals surface area (Å²) in [5, 5.41) is 14.9. The van der Waals surface area contributed by atoms with E-state index < -0.39 is 4.92 Å². The standard InChI is InChI=1S/C15H19N3O3/c1-10-3-6-13(7-4-10)16-17-15(19)12-5-8-14(18(20)21)11(2)9-12/h5,8-10H,3-4,6-7H2,1-2H3,(H,17,19). The second kappa shape index (κ2) is 6.47. The van der Waals surface area contributed by atoms with Gasteiger partial charge in [0.15, 0.2) is 0 Å². The van der Waals surface area contributed by atoms with Crippen molar-refractivity contribution in [2.75, 3.05) is 0 Å². The Morgan fingerprint density at radius 2 is 2.05 bits per heavy atom. The first-order chi connectivity index (χ1) is 9.97. The van der Waals surface area contributed by atoms with Crippen LogP contribution in [0.15, 0.2) is 23.3 Å². The van der Waals surface area contributed by atoms with E-state index in [0.29, 0.717) is 11.1 Å². The number of nitro groups is 1. The number of nitrogens with one attached hydrogen (secondary N) is 1. The number of hydrazone groups is 1. The summed E-state index contributed by atoms with van der Waals surface area (Å²) in [6.07, 6.45) is 4.04. The normalized spacial score (nSPS) is 18.2. The zero-order valence-electron chi connectivity index (χ0n) is 12.3. The minimum Gasteiger partial charge on any atom is -0.267 e. The number of benzene rings is 1. The van der Waals surface area contributed by atoms with Crippen LogP contribution in [-0.2, 0) is 0 Å². The van der Waals surface area contributed by atoms with E-state index in [9.17, 15) is 14.9 Å². The van der Waals surface area contributed by atoms with Crippen molar-refractivity contribution in [3.05, 3.63) is 39.4 Å². The van der Waals surface area contributed by atoms with Crippen molar-refractivity contribution in [1.82, 2.24) is 5.43 Å². The van der Waals surface area contributed by atoms with Gasteiger partial charge in [0.1, 0.15) is 0 Å². The summed E-state index contributed by atoms with van der Waals surface area (Å²) in [7, 11) is 0. The molecule has 0 aliphatic heterocycles. The van der Waals surface area contributed by atoms with Gasteiger partial charge in [0, 0.05) is 22.9 Å². The molecule has 6 nitrogen and oxygen atoms in total. The van der Waals surface area contributed by atoms with E-state index in [1.807, 2.05) is 0 Å². The largest absolute Gasteiger partial charge is 0.272 e. The number of aryl methyl sites for hydroxylation is 1. The Kier molecular flexibility index (Phi) is 4.67. The number of hydrogen-bond donors (Lipinski definition) is 1. The van der Waals surface area contributed by atoms with Crippen LogP contribution in [0.5, 0.6) is 0 Å². The lowest BCUT2D eigenvalue weighted by Gasteiger charge is -2.18. The molecule has 1 aliphatic carbocycles. The van der Waals surface area contributed by atoms with Gasteiger partial charge in [0.2, 0.25) is 0 Å². The van der Waals surface area contributed by atoms with E-state index in [1.165, 1.54) is 18.2 Å². The molecule has 112 valence electrons. The molecule has 1 fully saturated rings. The summed E-state index contributed by atoms with van der Waals surface area (Å²) < 4.78 is 0. The fourth-order valence-electron chi connectivity index (χ4n) is 2.40. The van der Waals surface area contributed by atoms with E-state index in [1.54, 1.807) is 6.92 Å². The molecule has 1 saturated carbocycles. The zero-order chi connectivity index (χ0) is 15.4. The molecule has 6 heteroatoms. The van der Waals surface area contributed by atoms with Crippen molar-refractivity contribution < 1.29 is 9.72 Å². The topological polar surface area (TPSA) is 84.6 Å². The third-order valence-corrected chi connectivity index (χ3v) is 3.82. The highest BCUT2D eigenvalue weighted by Gasteiger charge is 2.15. The van der Waals surface area contributed by atoms with Crippen LogP contribution in [0.4, 0.5) is 5.69 Å². The van der Waals surface area contributed by atoms with E-state index in [-0.39, 0.29) is 11.6 Å². The maximum Gasteiger partial charge on any atom is 0.272 e. The van der Waals surface area contributed by atoms with Crippen molar-refractivity contribution in [2.45, 2.75) is 39.5 Å². The Balaban J connectivity index is 2.02. The SMILES string of the molecule is Cc1cc(C(=O)NN=C2CCC(C)CC2)ccc1[N+](=O)[O-]. The summed E-state index contributed by atoms with van der Waals surface area (Å²) in [6, 6.07) is 4.31. The molecule has 1 aromatic rings. The van der Waals surface area contributed by atoms with Gasteiger partial charge < -0.3 is 0 Å². The van der Waals surface area contributed by atoms with E-state index >= 15 is 0 Å². The highest BCUT2D eigenvalue weighted by molar-refractivity contribution is 5.96. The Hall–Kier alpha value is -2.24. The lowest BCUT2D eigenvalue weighted by molar-refractivity contribution is -0.385. The van der Waals surface area contributed by atoms with Crippen LogP contribution in [0.3, 0.4) is 0 Å². The molecule has 1 N–H and O–H groups in total. The van der Waals surface area contributed by atoms with E-state index in [2.05, 4.69) is 17.5 Å².